The van der Waals surface area contributed by atoms with Crippen molar-refractivity contribution >= 4 is 5.69 Å². The third-order valence-electron chi connectivity index (χ3n) is 4.32. The predicted octanol–water partition coefficient (Wildman–Crippen LogP) is 0.697. The van der Waals surface area contributed by atoms with E-state index in [4.69, 9.17) is 10.3 Å². The molecule has 5 rings (SSSR count). The van der Waals surface area contributed by atoms with Crippen LogP contribution >= 0.6 is 0 Å². The van der Waals surface area contributed by atoms with Crippen LogP contribution in [0.5, 0.6) is 5.75 Å². The minimum absolute atomic E-state index is 0.0121. The number of rotatable bonds is 2. The fourth-order valence-corrected chi connectivity index (χ4v) is 3.08. The van der Waals surface area contributed by atoms with Crippen LogP contribution in [0.4, 0.5) is 5.69 Å². The SMILES string of the molecule is Nc1cccc(-c2nc(C3CN4CCN3CC4)no2)c1O. The third kappa shape index (κ3) is 2.05. The first-order chi connectivity index (χ1) is 10.2. The molecule has 7 nitrogen and oxygen atoms in total. The van der Waals surface area contributed by atoms with Crippen LogP contribution in [0.2, 0.25) is 0 Å². The van der Waals surface area contributed by atoms with E-state index < -0.39 is 0 Å². The van der Waals surface area contributed by atoms with Crippen molar-refractivity contribution in [2.75, 3.05) is 38.5 Å². The fraction of sp³-hybridized carbons (Fsp3) is 0.429. The molecule has 1 unspecified atom stereocenters. The number of nitrogens with zero attached hydrogens (tertiary/aromatic N) is 4. The third-order valence-corrected chi connectivity index (χ3v) is 4.32. The van der Waals surface area contributed by atoms with E-state index >= 15 is 0 Å². The van der Waals surface area contributed by atoms with Gasteiger partial charge >= 0.3 is 0 Å². The van der Waals surface area contributed by atoms with Gasteiger partial charge in [0.15, 0.2) is 11.6 Å². The number of nitrogen functional groups attached to an aromatic ring is 1. The first-order valence-electron chi connectivity index (χ1n) is 7.10. The monoisotopic (exact) mass is 287 g/mol. The van der Waals surface area contributed by atoms with Crippen molar-refractivity contribution in [3.8, 4) is 17.2 Å². The summed E-state index contributed by atoms with van der Waals surface area (Å²) in [7, 11) is 0. The molecule has 1 aromatic carbocycles. The van der Waals surface area contributed by atoms with Crippen LogP contribution in [0.3, 0.4) is 0 Å². The highest BCUT2D eigenvalue weighted by Gasteiger charge is 2.35. The second kappa shape index (κ2) is 4.71. The van der Waals surface area contributed by atoms with E-state index in [0.717, 1.165) is 32.7 Å². The van der Waals surface area contributed by atoms with Crippen molar-refractivity contribution in [1.29, 1.82) is 0 Å². The van der Waals surface area contributed by atoms with Gasteiger partial charge in [-0.3, -0.25) is 9.80 Å². The number of benzene rings is 1. The fourth-order valence-electron chi connectivity index (χ4n) is 3.08. The molecular weight excluding hydrogens is 270 g/mol. The van der Waals surface area contributed by atoms with Crippen molar-refractivity contribution in [3.63, 3.8) is 0 Å². The number of hydrogen-bond donors (Lipinski definition) is 2. The molecule has 0 saturated carbocycles. The molecule has 2 bridgehead atoms. The average Bonchev–Trinajstić information content (AvgIpc) is 3.01. The highest BCUT2D eigenvalue weighted by atomic mass is 16.5. The number of nitrogens with two attached hydrogens (primary N) is 1. The quantitative estimate of drug-likeness (QED) is 0.620. The Morgan fingerprint density at radius 2 is 2.05 bits per heavy atom. The average molecular weight is 287 g/mol. The van der Waals surface area contributed by atoms with Crippen molar-refractivity contribution in [2.24, 2.45) is 0 Å². The van der Waals surface area contributed by atoms with E-state index in [1.54, 1.807) is 18.2 Å². The Hall–Kier alpha value is -2.12. The molecule has 2 aromatic rings. The van der Waals surface area contributed by atoms with Crippen LogP contribution in [0.25, 0.3) is 11.5 Å². The van der Waals surface area contributed by atoms with Gasteiger partial charge in [-0.1, -0.05) is 11.2 Å². The summed E-state index contributed by atoms with van der Waals surface area (Å²) >= 11 is 0. The molecular formula is C14H17N5O2. The van der Waals surface area contributed by atoms with Gasteiger partial charge in [0.2, 0.25) is 0 Å². The molecule has 21 heavy (non-hydrogen) atoms. The van der Waals surface area contributed by atoms with E-state index in [1.165, 1.54) is 0 Å². The lowest BCUT2D eigenvalue weighted by Gasteiger charge is -2.46. The number of anilines is 1. The maximum atomic E-state index is 10.0. The maximum Gasteiger partial charge on any atom is 0.261 e. The number of piperazine rings is 3. The summed E-state index contributed by atoms with van der Waals surface area (Å²) in [6, 6.07) is 5.29. The Bertz CT molecular complexity index is 663. The summed E-state index contributed by atoms with van der Waals surface area (Å²) in [5.41, 5.74) is 6.48. The van der Waals surface area contributed by atoms with Gasteiger partial charge in [0.1, 0.15) is 0 Å². The summed E-state index contributed by atoms with van der Waals surface area (Å²) in [5.74, 6) is 0.977. The molecule has 3 aliphatic rings. The van der Waals surface area contributed by atoms with Gasteiger partial charge in [-0.15, -0.1) is 0 Å². The van der Waals surface area contributed by atoms with E-state index in [0.29, 0.717) is 23.0 Å². The summed E-state index contributed by atoms with van der Waals surface area (Å²) in [6.07, 6.45) is 0. The minimum Gasteiger partial charge on any atom is -0.505 e. The Kier molecular flexibility index (Phi) is 2.83. The molecule has 1 aromatic heterocycles. The number of fused-ring (bicyclic) bond motifs is 3. The Morgan fingerprint density at radius 3 is 2.76 bits per heavy atom. The second-order valence-corrected chi connectivity index (χ2v) is 5.55. The van der Waals surface area contributed by atoms with Crippen LogP contribution in [-0.2, 0) is 0 Å². The molecule has 0 amide bonds. The van der Waals surface area contributed by atoms with Gasteiger partial charge in [-0.25, -0.2) is 0 Å². The van der Waals surface area contributed by atoms with Gasteiger partial charge in [-0.2, -0.15) is 4.98 Å². The molecule has 3 saturated heterocycles. The van der Waals surface area contributed by atoms with Gasteiger partial charge in [-0.05, 0) is 12.1 Å². The molecule has 1 atom stereocenters. The maximum absolute atomic E-state index is 10.0. The summed E-state index contributed by atoms with van der Waals surface area (Å²) in [6.45, 7) is 5.23. The van der Waals surface area contributed by atoms with Gasteiger partial charge < -0.3 is 15.4 Å². The van der Waals surface area contributed by atoms with Crippen LogP contribution in [0.1, 0.15) is 11.9 Å². The molecule has 3 aliphatic heterocycles. The number of hydrogen-bond acceptors (Lipinski definition) is 7. The van der Waals surface area contributed by atoms with Crippen molar-refractivity contribution in [2.45, 2.75) is 6.04 Å². The number of aromatic nitrogens is 2. The largest absolute Gasteiger partial charge is 0.505 e. The molecule has 0 spiro atoms. The van der Waals surface area contributed by atoms with Crippen molar-refractivity contribution < 1.29 is 9.63 Å². The Labute approximate surface area is 122 Å². The van der Waals surface area contributed by atoms with Crippen molar-refractivity contribution in [1.82, 2.24) is 19.9 Å². The standard InChI is InChI=1S/C14H17N5O2/c15-10-3-1-2-9(12(10)20)14-16-13(17-21-14)11-8-18-4-6-19(11)7-5-18/h1-3,11,20H,4-8,15H2. The van der Waals surface area contributed by atoms with Gasteiger partial charge in [0.05, 0.1) is 17.3 Å². The topological polar surface area (TPSA) is 91.7 Å². The van der Waals surface area contributed by atoms with Gasteiger partial charge in [0.25, 0.3) is 5.89 Å². The van der Waals surface area contributed by atoms with E-state index in [9.17, 15) is 5.11 Å². The predicted molar refractivity (Wildman–Crippen MR) is 76.6 cm³/mol. The van der Waals surface area contributed by atoms with Crippen LogP contribution < -0.4 is 5.73 Å². The molecule has 110 valence electrons. The molecule has 3 fully saturated rings. The van der Waals surface area contributed by atoms with Crippen LogP contribution in [0, 0.1) is 0 Å². The number of aromatic hydroxyl groups is 1. The molecule has 7 heteroatoms. The molecule has 0 aliphatic carbocycles. The van der Waals surface area contributed by atoms with Crippen molar-refractivity contribution in [3.05, 3.63) is 24.0 Å². The molecule has 0 radical (unpaired) electrons. The highest BCUT2D eigenvalue weighted by Crippen LogP contribution is 2.34. The van der Waals surface area contributed by atoms with Crippen LogP contribution in [0.15, 0.2) is 22.7 Å². The minimum atomic E-state index is -0.0121. The number of phenolic OH excluding ortho intramolecular Hbond substituents is 1. The normalized spacial score (nSPS) is 27.9. The second-order valence-electron chi connectivity index (χ2n) is 5.55. The summed E-state index contributed by atoms with van der Waals surface area (Å²) in [4.78, 5) is 9.26. The number of para-hydroxylation sites is 1. The zero-order valence-corrected chi connectivity index (χ0v) is 11.6. The zero-order chi connectivity index (χ0) is 14.4. The first kappa shape index (κ1) is 12.6. The van der Waals surface area contributed by atoms with Crippen LogP contribution in [-0.4, -0.2) is 57.8 Å². The Morgan fingerprint density at radius 1 is 1.24 bits per heavy atom. The Balaban J connectivity index is 1.65. The summed E-state index contributed by atoms with van der Waals surface area (Å²) in [5, 5.41) is 14.1. The van der Waals surface area contributed by atoms with Gasteiger partial charge in [0, 0.05) is 32.7 Å². The lowest BCUT2D eigenvalue weighted by atomic mass is 10.1. The summed E-state index contributed by atoms with van der Waals surface area (Å²) < 4.78 is 5.33. The van der Waals surface area contributed by atoms with E-state index in [-0.39, 0.29) is 11.8 Å². The van der Waals surface area contributed by atoms with E-state index in [2.05, 4.69) is 19.9 Å². The van der Waals surface area contributed by atoms with E-state index in [1.807, 2.05) is 0 Å². The lowest BCUT2D eigenvalue weighted by molar-refractivity contribution is 0.00781. The first-order valence-corrected chi connectivity index (χ1v) is 7.10. The highest BCUT2D eigenvalue weighted by molar-refractivity contribution is 5.71. The molecule has 3 N–H and O–H groups in total. The molecule has 4 heterocycles. The smallest absolute Gasteiger partial charge is 0.261 e. The number of phenols is 1. The lowest BCUT2D eigenvalue weighted by Crippen LogP contribution is -2.57. The zero-order valence-electron chi connectivity index (χ0n) is 11.6.